The molecule has 0 radical (unpaired) electrons. The number of alkyl halides is 3. The van der Waals surface area contributed by atoms with Crippen molar-refractivity contribution in [1.82, 2.24) is 5.32 Å². The van der Waals surface area contributed by atoms with E-state index in [-0.39, 0.29) is 60.4 Å². The summed E-state index contributed by atoms with van der Waals surface area (Å²) in [6, 6.07) is 5.14. The summed E-state index contributed by atoms with van der Waals surface area (Å²) in [6.07, 6.45) is -0.144. The zero-order chi connectivity index (χ0) is 27.0. The second-order valence-corrected chi connectivity index (χ2v) is 11.6. The quantitative estimate of drug-likeness (QED) is 0.253. The van der Waals surface area contributed by atoms with Gasteiger partial charge in [0.2, 0.25) is 5.91 Å². The summed E-state index contributed by atoms with van der Waals surface area (Å²) in [7, 11) is -0.551. The molecule has 0 spiro atoms. The van der Waals surface area contributed by atoms with Crippen LogP contribution in [-0.4, -0.2) is 50.2 Å². The van der Waals surface area contributed by atoms with Gasteiger partial charge in [-0.05, 0) is 80.5 Å². The van der Waals surface area contributed by atoms with Gasteiger partial charge in [-0.25, -0.2) is 0 Å². The van der Waals surface area contributed by atoms with E-state index in [0.29, 0.717) is 31.2 Å². The van der Waals surface area contributed by atoms with Crippen molar-refractivity contribution < 1.29 is 32.0 Å². The Balaban J connectivity index is 0.00000267. The van der Waals surface area contributed by atoms with Crippen molar-refractivity contribution in [3.8, 4) is 5.75 Å². The molecular weight excluding hydrogens is 557 g/mol. The highest BCUT2D eigenvalue weighted by atomic mass is 35.5. The van der Waals surface area contributed by atoms with Crippen molar-refractivity contribution >= 4 is 37.8 Å². The molecule has 1 aromatic carbocycles. The van der Waals surface area contributed by atoms with Gasteiger partial charge in [-0.2, -0.15) is 0 Å². The number of ether oxygens (including phenoxy) is 1. The second kappa shape index (κ2) is 13.2. The molecule has 3 unspecified atom stereocenters. The van der Waals surface area contributed by atoms with Crippen LogP contribution in [0.5, 0.6) is 5.75 Å². The minimum Gasteiger partial charge on any atom is -0.406 e. The largest absolute Gasteiger partial charge is 0.573 e. The summed E-state index contributed by atoms with van der Waals surface area (Å²) in [5.41, 5.74) is 12.2. The summed E-state index contributed by atoms with van der Waals surface area (Å²) in [5, 5.41) is 2.95. The van der Waals surface area contributed by atoms with Gasteiger partial charge in [0.25, 0.3) is 0 Å². The van der Waals surface area contributed by atoms with E-state index in [2.05, 4.69) is 30.8 Å². The van der Waals surface area contributed by atoms with Crippen molar-refractivity contribution in [1.29, 1.82) is 0 Å². The van der Waals surface area contributed by atoms with Crippen LogP contribution in [0.15, 0.2) is 24.3 Å². The average molecular weight is 598 g/mol. The minimum absolute atomic E-state index is 0. The van der Waals surface area contributed by atoms with E-state index < -0.39 is 25.1 Å². The van der Waals surface area contributed by atoms with Crippen molar-refractivity contribution in [2.24, 2.45) is 28.7 Å². The van der Waals surface area contributed by atoms with E-state index in [1.54, 1.807) is 12.1 Å². The molecule has 4 fully saturated rings. The lowest BCUT2D eigenvalue weighted by Crippen LogP contribution is -2.65. The Morgan fingerprint density at radius 3 is 2.44 bits per heavy atom. The van der Waals surface area contributed by atoms with Gasteiger partial charge in [0.1, 0.15) is 5.75 Å². The monoisotopic (exact) mass is 597 g/mol. The molecule has 1 saturated heterocycles. The number of carbonyl (C=O) groups is 1. The fraction of sp³-hybridized carbons (Fsp3) is 0.731. The molecule has 222 valence electrons. The summed E-state index contributed by atoms with van der Waals surface area (Å²) in [4.78, 5) is 12.7. The lowest BCUT2D eigenvalue weighted by atomic mass is 9.43. The van der Waals surface area contributed by atoms with Crippen LogP contribution in [0.25, 0.3) is 0 Å². The van der Waals surface area contributed by atoms with Crippen LogP contribution in [0, 0.1) is 17.3 Å². The van der Waals surface area contributed by atoms with Crippen LogP contribution in [0.2, 0.25) is 5.82 Å². The second-order valence-electron chi connectivity index (χ2n) is 11.6. The number of halogens is 5. The van der Waals surface area contributed by atoms with Crippen LogP contribution >= 0.6 is 24.8 Å². The average Bonchev–Trinajstić information content (AvgIpc) is 3.18. The third-order valence-electron chi connectivity index (χ3n) is 8.85. The van der Waals surface area contributed by atoms with Gasteiger partial charge in [0, 0.05) is 12.4 Å². The molecule has 1 heterocycles. The van der Waals surface area contributed by atoms with E-state index in [9.17, 15) is 18.0 Å². The number of carbonyl (C=O) groups excluding carboxylic acids is 1. The first kappa shape index (κ1) is 34.0. The predicted octanol–water partition coefficient (Wildman–Crippen LogP) is 4.64. The fourth-order valence-corrected chi connectivity index (χ4v) is 6.50. The van der Waals surface area contributed by atoms with Crippen molar-refractivity contribution in [2.75, 3.05) is 13.1 Å². The maximum absolute atomic E-state index is 12.7. The molecule has 39 heavy (non-hydrogen) atoms. The van der Waals surface area contributed by atoms with Crippen molar-refractivity contribution in [3.05, 3.63) is 29.8 Å². The number of hydrogen-bond acceptors (Lipinski definition) is 6. The summed E-state index contributed by atoms with van der Waals surface area (Å²) in [5.74, 6) is 0.208. The summed E-state index contributed by atoms with van der Waals surface area (Å²) in [6.45, 7) is 7.54. The van der Waals surface area contributed by atoms with Gasteiger partial charge >= 0.3 is 13.5 Å². The Morgan fingerprint density at radius 1 is 1.18 bits per heavy atom. The van der Waals surface area contributed by atoms with E-state index in [0.717, 1.165) is 31.2 Å². The molecule has 1 aromatic rings. The molecule has 0 aromatic heterocycles. The molecule has 5 N–H and O–H groups in total. The van der Waals surface area contributed by atoms with Gasteiger partial charge in [0.15, 0.2) is 0 Å². The maximum Gasteiger partial charge on any atom is 0.573 e. The standard InChI is InChI=1S/C26H39BF3N3O4.2ClH/c1-24(2)17-13-21(24)25(3)22(14-17)36-27(37-25)18(15-33-23(34)20(32)6-4-5-11-31)12-16-7-9-19(10-8-16)35-26(28,29)30;;/h7-10,17-18,20-22H,4-6,11-15,31-32H2,1-3H3,(H,33,34);2*1H/t17?,18-,20+,21?,22?,25-;;/m1../s1. The normalized spacial score (nSPS) is 28.2. The Labute approximate surface area is 241 Å². The SMILES string of the molecule is CC1(C)C2CC3OB([C@@H](CNC(=O)[C@@H](N)CCCCN)Cc4ccc(OC(F)(F)F)cc4)O[C@]3(C)C1C2.Cl.Cl. The molecule has 3 saturated carbocycles. The first-order valence-electron chi connectivity index (χ1n) is 13.2. The highest BCUT2D eigenvalue weighted by Crippen LogP contribution is 2.66. The highest BCUT2D eigenvalue weighted by molar-refractivity contribution is 6.47. The van der Waals surface area contributed by atoms with Crippen molar-refractivity contribution in [3.63, 3.8) is 0 Å². The van der Waals surface area contributed by atoms with E-state index in [1.165, 1.54) is 12.1 Å². The molecule has 5 rings (SSSR count). The molecule has 2 bridgehead atoms. The van der Waals surface area contributed by atoms with Crippen molar-refractivity contribution in [2.45, 2.75) is 89.2 Å². The maximum atomic E-state index is 12.7. The Hall–Kier alpha value is -1.24. The lowest BCUT2D eigenvalue weighted by molar-refractivity contribution is -0.274. The van der Waals surface area contributed by atoms with E-state index >= 15 is 0 Å². The number of unbranched alkanes of at least 4 members (excludes halogenated alkanes) is 1. The van der Waals surface area contributed by atoms with Gasteiger partial charge in [-0.15, -0.1) is 38.0 Å². The fourth-order valence-electron chi connectivity index (χ4n) is 6.50. The molecule has 3 aliphatic carbocycles. The third kappa shape index (κ3) is 7.54. The number of hydrogen-bond donors (Lipinski definition) is 3. The van der Waals surface area contributed by atoms with Gasteiger partial charge in [-0.3, -0.25) is 4.79 Å². The topological polar surface area (TPSA) is 109 Å². The van der Waals surface area contributed by atoms with Crippen LogP contribution in [0.1, 0.15) is 58.4 Å². The number of benzene rings is 1. The van der Waals surface area contributed by atoms with E-state index in [1.807, 2.05) is 0 Å². The zero-order valence-electron chi connectivity index (χ0n) is 22.7. The Bertz CT molecular complexity index is 959. The number of nitrogens with one attached hydrogen (secondary N) is 1. The predicted molar refractivity (Wildman–Crippen MR) is 149 cm³/mol. The van der Waals surface area contributed by atoms with E-state index in [4.69, 9.17) is 20.8 Å². The van der Waals surface area contributed by atoms with Crippen LogP contribution < -0.4 is 21.5 Å². The third-order valence-corrected chi connectivity index (χ3v) is 8.85. The van der Waals surface area contributed by atoms with Crippen LogP contribution in [0.4, 0.5) is 13.2 Å². The number of rotatable bonds is 11. The Kier molecular flexibility index (Phi) is 11.5. The smallest absolute Gasteiger partial charge is 0.406 e. The first-order chi connectivity index (χ1) is 17.3. The molecule has 1 aliphatic heterocycles. The molecule has 13 heteroatoms. The Morgan fingerprint density at radius 2 is 1.85 bits per heavy atom. The molecule has 7 nitrogen and oxygen atoms in total. The highest BCUT2D eigenvalue weighted by Gasteiger charge is 2.68. The van der Waals surface area contributed by atoms with Gasteiger partial charge in [0.05, 0.1) is 17.7 Å². The van der Waals surface area contributed by atoms with Crippen LogP contribution in [-0.2, 0) is 20.5 Å². The summed E-state index contributed by atoms with van der Waals surface area (Å²) >= 11 is 0. The number of amides is 1. The molecule has 1 amide bonds. The minimum atomic E-state index is -4.75. The van der Waals surface area contributed by atoms with Gasteiger partial charge < -0.3 is 30.8 Å². The molecule has 6 atom stereocenters. The molecular formula is C26H41BCl2F3N3O4. The zero-order valence-corrected chi connectivity index (χ0v) is 24.3. The lowest BCUT2D eigenvalue weighted by Gasteiger charge is -2.64. The van der Waals surface area contributed by atoms with Crippen LogP contribution in [0.3, 0.4) is 0 Å². The first-order valence-corrected chi connectivity index (χ1v) is 13.2. The number of nitrogens with two attached hydrogens (primary N) is 2. The van der Waals surface area contributed by atoms with Gasteiger partial charge in [-0.1, -0.05) is 32.4 Å². The molecule has 4 aliphatic rings. The summed E-state index contributed by atoms with van der Waals surface area (Å²) < 4.78 is 54.8.